The third kappa shape index (κ3) is 3.24. The standard InChI is InChI=1S/C16H23NO3/c1-3-4-12-7-9-17(10-8-12)16(19)14-6-5-13(20-2)11-15(14)18/h5-6,11-12,18H,3-4,7-10H2,1-2H3. The van der Waals surface area contributed by atoms with Gasteiger partial charge in [0.25, 0.3) is 5.91 Å². The molecular weight excluding hydrogens is 254 g/mol. The number of piperidine rings is 1. The predicted molar refractivity (Wildman–Crippen MR) is 78.2 cm³/mol. The van der Waals surface area contributed by atoms with E-state index in [1.54, 1.807) is 12.1 Å². The molecule has 20 heavy (non-hydrogen) atoms. The Morgan fingerprint density at radius 1 is 1.40 bits per heavy atom. The number of nitrogens with zero attached hydrogens (tertiary/aromatic N) is 1. The number of hydrogen-bond acceptors (Lipinski definition) is 3. The number of likely N-dealkylation sites (tertiary alicyclic amines) is 1. The number of carbonyl (C=O) groups excluding carboxylic acids is 1. The molecule has 1 aliphatic heterocycles. The van der Waals surface area contributed by atoms with Gasteiger partial charge in [0.05, 0.1) is 12.7 Å². The van der Waals surface area contributed by atoms with Crippen LogP contribution in [-0.2, 0) is 0 Å². The summed E-state index contributed by atoms with van der Waals surface area (Å²) in [7, 11) is 1.54. The lowest BCUT2D eigenvalue weighted by Crippen LogP contribution is -2.38. The molecule has 4 heteroatoms. The number of methoxy groups -OCH3 is 1. The van der Waals surface area contributed by atoms with Crippen LogP contribution in [0.4, 0.5) is 0 Å². The molecule has 4 nitrogen and oxygen atoms in total. The fourth-order valence-electron chi connectivity index (χ4n) is 2.82. The van der Waals surface area contributed by atoms with Crippen LogP contribution < -0.4 is 4.74 Å². The van der Waals surface area contributed by atoms with Crippen LogP contribution in [0.5, 0.6) is 11.5 Å². The molecule has 0 aromatic heterocycles. The van der Waals surface area contributed by atoms with Crippen molar-refractivity contribution < 1.29 is 14.6 Å². The smallest absolute Gasteiger partial charge is 0.257 e. The highest BCUT2D eigenvalue weighted by molar-refractivity contribution is 5.97. The van der Waals surface area contributed by atoms with E-state index in [1.165, 1.54) is 26.0 Å². The average Bonchev–Trinajstić information content (AvgIpc) is 2.47. The van der Waals surface area contributed by atoms with E-state index in [0.717, 1.165) is 31.8 Å². The van der Waals surface area contributed by atoms with Crippen LogP contribution in [0.2, 0.25) is 0 Å². The third-order valence-electron chi connectivity index (χ3n) is 4.03. The monoisotopic (exact) mass is 277 g/mol. The van der Waals surface area contributed by atoms with Gasteiger partial charge in [-0.05, 0) is 30.9 Å². The van der Waals surface area contributed by atoms with Crippen molar-refractivity contribution in [2.45, 2.75) is 32.6 Å². The lowest BCUT2D eigenvalue weighted by atomic mass is 9.92. The van der Waals surface area contributed by atoms with Gasteiger partial charge >= 0.3 is 0 Å². The molecule has 0 aliphatic carbocycles. The van der Waals surface area contributed by atoms with Gasteiger partial charge in [0.1, 0.15) is 11.5 Å². The highest BCUT2D eigenvalue weighted by Gasteiger charge is 2.24. The van der Waals surface area contributed by atoms with Gasteiger partial charge in [0.15, 0.2) is 0 Å². The quantitative estimate of drug-likeness (QED) is 0.920. The molecule has 2 rings (SSSR count). The molecule has 1 aromatic rings. The minimum absolute atomic E-state index is 0.00923. The summed E-state index contributed by atoms with van der Waals surface area (Å²) in [6, 6.07) is 4.82. The Balaban J connectivity index is 2.02. The van der Waals surface area contributed by atoms with Crippen LogP contribution in [-0.4, -0.2) is 36.1 Å². The van der Waals surface area contributed by atoms with Gasteiger partial charge in [-0.3, -0.25) is 4.79 Å². The molecule has 0 atom stereocenters. The summed E-state index contributed by atoms with van der Waals surface area (Å²) in [5.41, 5.74) is 0.361. The fourth-order valence-corrected chi connectivity index (χ4v) is 2.82. The zero-order valence-corrected chi connectivity index (χ0v) is 12.3. The van der Waals surface area contributed by atoms with Crippen molar-refractivity contribution in [1.82, 2.24) is 4.90 Å². The molecule has 1 amide bonds. The first kappa shape index (κ1) is 14.7. The van der Waals surface area contributed by atoms with Gasteiger partial charge in [-0.2, -0.15) is 0 Å². The van der Waals surface area contributed by atoms with Gasteiger partial charge in [-0.1, -0.05) is 19.8 Å². The van der Waals surface area contributed by atoms with Gasteiger partial charge < -0.3 is 14.7 Å². The average molecular weight is 277 g/mol. The molecule has 1 aliphatic rings. The summed E-state index contributed by atoms with van der Waals surface area (Å²) in [5, 5.41) is 9.93. The van der Waals surface area contributed by atoms with E-state index in [2.05, 4.69) is 6.92 Å². The number of benzene rings is 1. The number of ether oxygens (including phenoxy) is 1. The second-order valence-corrected chi connectivity index (χ2v) is 5.41. The third-order valence-corrected chi connectivity index (χ3v) is 4.03. The summed E-state index contributed by atoms with van der Waals surface area (Å²) in [6.07, 6.45) is 4.58. The molecule has 0 radical (unpaired) electrons. The molecule has 110 valence electrons. The molecule has 1 N–H and O–H groups in total. The van der Waals surface area contributed by atoms with Gasteiger partial charge in [0.2, 0.25) is 0 Å². The van der Waals surface area contributed by atoms with Crippen LogP contribution in [0.25, 0.3) is 0 Å². The number of phenols is 1. The summed E-state index contributed by atoms with van der Waals surface area (Å²) in [6.45, 7) is 3.77. The first-order chi connectivity index (χ1) is 9.65. The van der Waals surface area contributed by atoms with Crippen molar-refractivity contribution in [2.75, 3.05) is 20.2 Å². The van der Waals surface area contributed by atoms with Crippen molar-refractivity contribution in [3.8, 4) is 11.5 Å². The van der Waals surface area contributed by atoms with Crippen LogP contribution in [0.3, 0.4) is 0 Å². The second-order valence-electron chi connectivity index (χ2n) is 5.41. The Morgan fingerprint density at radius 2 is 2.10 bits per heavy atom. The van der Waals surface area contributed by atoms with Gasteiger partial charge in [-0.25, -0.2) is 0 Å². The minimum atomic E-state index is -0.0832. The van der Waals surface area contributed by atoms with E-state index in [4.69, 9.17) is 4.74 Å². The maximum atomic E-state index is 12.4. The lowest BCUT2D eigenvalue weighted by molar-refractivity contribution is 0.0683. The van der Waals surface area contributed by atoms with Crippen molar-refractivity contribution in [2.24, 2.45) is 5.92 Å². The first-order valence-electron chi connectivity index (χ1n) is 7.32. The second kappa shape index (κ2) is 6.64. The first-order valence-corrected chi connectivity index (χ1v) is 7.32. The normalized spacial score (nSPS) is 16.2. The van der Waals surface area contributed by atoms with Crippen LogP contribution in [0, 0.1) is 5.92 Å². The molecule has 1 aromatic carbocycles. The Hall–Kier alpha value is -1.71. The number of carbonyl (C=O) groups is 1. The molecule has 1 heterocycles. The van der Waals surface area contributed by atoms with Crippen LogP contribution in [0.1, 0.15) is 43.0 Å². The van der Waals surface area contributed by atoms with Crippen LogP contribution >= 0.6 is 0 Å². The topological polar surface area (TPSA) is 49.8 Å². The fraction of sp³-hybridized carbons (Fsp3) is 0.562. The molecule has 1 fully saturated rings. The van der Waals surface area contributed by atoms with E-state index in [9.17, 15) is 9.90 Å². The van der Waals surface area contributed by atoms with Crippen molar-refractivity contribution in [3.63, 3.8) is 0 Å². The minimum Gasteiger partial charge on any atom is -0.507 e. The number of amides is 1. The summed E-state index contributed by atoms with van der Waals surface area (Å²) >= 11 is 0. The largest absolute Gasteiger partial charge is 0.507 e. The molecule has 0 saturated carbocycles. The van der Waals surface area contributed by atoms with Gasteiger partial charge in [-0.15, -0.1) is 0 Å². The number of phenolic OH excluding ortho intramolecular Hbond substituents is 1. The SMILES string of the molecule is CCCC1CCN(C(=O)c2ccc(OC)cc2O)CC1. The van der Waals surface area contributed by atoms with Crippen molar-refractivity contribution in [1.29, 1.82) is 0 Å². The Bertz CT molecular complexity index is 465. The highest BCUT2D eigenvalue weighted by Crippen LogP contribution is 2.27. The van der Waals surface area contributed by atoms with Crippen molar-refractivity contribution >= 4 is 5.91 Å². The van der Waals surface area contributed by atoms with E-state index >= 15 is 0 Å². The van der Waals surface area contributed by atoms with E-state index in [1.807, 2.05) is 4.90 Å². The zero-order valence-electron chi connectivity index (χ0n) is 12.3. The number of rotatable bonds is 4. The van der Waals surface area contributed by atoms with E-state index in [0.29, 0.717) is 11.3 Å². The Morgan fingerprint density at radius 3 is 2.65 bits per heavy atom. The molecule has 0 bridgehead atoms. The van der Waals surface area contributed by atoms with E-state index < -0.39 is 0 Å². The summed E-state index contributed by atoms with van der Waals surface area (Å²) < 4.78 is 5.03. The molecular formula is C16H23NO3. The van der Waals surface area contributed by atoms with Gasteiger partial charge in [0, 0.05) is 19.2 Å². The van der Waals surface area contributed by atoms with Crippen molar-refractivity contribution in [3.05, 3.63) is 23.8 Å². The number of aromatic hydroxyl groups is 1. The zero-order chi connectivity index (χ0) is 14.5. The molecule has 0 spiro atoms. The predicted octanol–water partition coefficient (Wildman–Crippen LogP) is 3.05. The number of hydrogen-bond donors (Lipinski definition) is 1. The van der Waals surface area contributed by atoms with Crippen LogP contribution in [0.15, 0.2) is 18.2 Å². The maximum absolute atomic E-state index is 12.4. The summed E-state index contributed by atoms with van der Waals surface area (Å²) in [5.74, 6) is 1.21. The summed E-state index contributed by atoms with van der Waals surface area (Å²) in [4.78, 5) is 14.3. The Labute approximate surface area is 120 Å². The lowest BCUT2D eigenvalue weighted by Gasteiger charge is -2.32. The molecule has 0 unspecified atom stereocenters. The van der Waals surface area contributed by atoms with E-state index in [-0.39, 0.29) is 11.7 Å². The maximum Gasteiger partial charge on any atom is 0.257 e. The Kier molecular flexibility index (Phi) is 4.88. The highest BCUT2D eigenvalue weighted by atomic mass is 16.5. The molecule has 1 saturated heterocycles.